The van der Waals surface area contributed by atoms with E-state index in [1.165, 1.54) is 0 Å². The summed E-state index contributed by atoms with van der Waals surface area (Å²) in [5, 5.41) is 1.83. The molecule has 0 saturated heterocycles. The predicted molar refractivity (Wildman–Crippen MR) is 61.6 cm³/mol. The third-order valence-electron chi connectivity index (χ3n) is 2.18. The molecule has 0 saturated carbocycles. The van der Waals surface area contributed by atoms with E-state index in [-0.39, 0.29) is 6.54 Å². The molecule has 94 valence electrons. The highest BCUT2D eigenvalue weighted by atomic mass is 79.9. The number of rotatable bonds is 3. The molecule has 0 aliphatic rings. The summed E-state index contributed by atoms with van der Waals surface area (Å²) in [6, 6.07) is 5.50. The van der Waals surface area contributed by atoms with Gasteiger partial charge in [0.25, 0.3) is 0 Å². The van der Waals surface area contributed by atoms with E-state index in [9.17, 15) is 18.0 Å². The summed E-state index contributed by atoms with van der Waals surface area (Å²) < 4.78 is 36.6. The van der Waals surface area contributed by atoms with Crippen LogP contribution in [-0.4, -0.2) is 18.6 Å². The van der Waals surface area contributed by atoms with Gasteiger partial charge in [-0.2, -0.15) is 13.2 Å². The number of alkyl halides is 3. The van der Waals surface area contributed by atoms with Gasteiger partial charge in [-0.05, 0) is 30.5 Å². The van der Waals surface area contributed by atoms with Crippen LogP contribution >= 0.6 is 15.9 Å². The van der Waals surface area contributed by atoms with E-state index in [1.807, 2.05) is 24.4 Å². The van der Waals surface area contributed by atoms with E-state index in [0.29, 0.717) is 6.42 Å². The van der Waals surface area contributed by atoms with Crippen LogP contribution in [0.2, 0.25) is 0 Å². The Morgan fingerprint density at radius 1 is 1.41 bits per heavy atom. The molecule has 1 N–H and O–H groups in total. The Labute approximate surface area is 105 Å². The van der Waals surface area contributed by atoms with Gasteiger partial charge in [0.2, 0.25) is 0 Å². The molecule has 0 bridgehead atoms. The van der Waals surface area contributed by atoms with Crippen molar-refractivity contribution in [3.8, 4) is 0 Å². The largest absolute Gasteiger partial charge is 0.471 e. The maximum absolute atomic E-state index is 11.9. The number of hydrogen-bond acceptors (Lipinski definition) is 1. The molecule has 0 unspecified atom stereocenters. The van der Waals surface area contributed by atoms with E-state index < -0.39 is 12.1 Å². The lowest BCUT2D eigenvalue weighted by Crippen LogP contribution is -2.37. The lowest BCUT2D eigenvalue weighted by atomic mass is 10.1. The highest BCUT2D eigenvalue weighted by Crippen LogP contribution is 2.17. The summed E-state index contributed by atoms with van der Waals surface area (Å²) in [6.45, 7) is 1.86. The van der Waals surface area contributed by atoms with Crippen LogP contribution in [0.15, 0.2) is 22.7 Å². The Bertz CT molecular complexity index is 418. The summed E-state index contributed by atoms with van der Waals surface area (Å²) in [4.78, 5) is 10.5. The Hall–Kier alpha value is -1.04. The number of hydrogen-bond donors (Lipinski definition) is 1. The second-order valence-electron chi connectivity index (χ2n) is 3.59. The first-order valence-electron chi connectivity index (χ1n) is 4.91. The number of nitrogens with one attached hydrogen (secondary N) is 1. The van der Waals surface area contributed by atoms with Crippen LogP contribution in [0.1, 0.15) is 11.1 Å². The van der Waals surface area contributed by atoms with Gasteiger partial charge < -0.3 is 5.32 Å². The van der Waals surface area contributed by atoms with Crippen molar-refractivity contribution in [2.24, 2.45) is 0 Å². The van der Waals surface area contributed by atoms with Crippen LogP contribution in [0, 0.1) is 6.92 Å². The van der Waals surface area contributed by atoms with Gasteiger partial charge in [0.05, 0.1) is 0 Å². The van der Waals surface area contributed by atoms with Crippen LogP contribution < -0.4 is 5.32 Å². The topological polar surface area (TPSA) is 29.1 Å². The first kappa shape index (κ1) is 14.0. The van der Waals surface area contributed by atoms with Gasteiger partial charge in [0, 0.05) is 11.0 Å². The average Bonchev–Trinajstić information content (AvgIpc) is 2.22. The molecule has 0 aromatic heterocycles. The first-order valence-corrected chi connectivity index (χ1v) is 5.70. The van der Waals surface area contributed by atoms with E-state index in [1.54, 1.807) is 6.07 Å². The summed E-state index contributed by atoms with van der Waals surface area (Å²) in [5.41, 5.74) is 1.89. The third-order valence-corrected chi connectivity index (χ3v) is 3.07. The number of carbonyl (C=O) groups is 1. The molecule has 1 aromatic carbocycles. The summed E-state index contributed by atoms with van der Waals surface area (Å²) >= 11 is 3.33. The maximum Gasteiger partial charge on any atom is 0.471 e. The zero-order valence-corrected chi connectivity index (χ0v) is 10.7. The minimum Gasteiger partial charge on any atom is -0.348 e. The fraction of sp³-hybridized carbons (Fsp3) is 0.364. The standard InChI is InChI=1S/C11H11BrF3NO/c1-7-6-8(2-3-9(7)12)4-5-16-10(17)11(13,14)15/h2-3,6H,4-5H2,1H3,(H,16,17). The zero-order valence-electron chi connectivity index (χ0n) is 9.07. The average molecular weight is 310 g/mol. The van der Waals surface area contributed by atoms with Gasteiger partial charge in [-0.15, -0.1) is 0 Å². The highest BCUT2D eigenvalue weighted by molar-refractivity contribution is 9.10. The van der Waals surface area contributed by atoms with E-state index in [0.717, 1.165) is 15.6 Å². The Kier molecular flexibility index (Phi) is 4.56. The molecule has 0 radical (unpaired) electrons. The molecule has 0 aliphatic carbocycles. The highest BCUT2D eigenvalue weighted by Gasteiger charge is 2.38. The minimum absolute atomic E-state index is 0.0284. The molecule has 1 rings (SSSR count). The van der Waals surface area contributed by atoms with Crippen molar-refractivity contribution in [2.75, 3.05) is 6.54 Å². The van der Waals surface area contributed by atoms with Crippen LogP contribution in [0.25, 0.3) is 0 Å². The second kappa shape index (κ2) is 5.53. The zero-order chi connectivity index (χ0) is 13.1. The first-order chi connectivity index (χ1) is 7.80. The smallest absolute Gasteiger partial charge is 0.348 e. The lowest BCUT2D eigenvalue weighted by Gasteiger charge is -2.08. The van der Waals surface area contributed by atoms with Gasteiger partial charge >= 0.3 is 12.1 Å². The van der Waals surface area contributed by atoms with Crippen LogP contribution in [-0.2, 0) is 11.2 Å². The number of benzene rings is 1. The Balaban J connectivity index is 2.46. The Morgan fingerprint density at radius 2 is 2.06 bits per heavy atom. The molecule has 0 aliphatic heterocycles. The third kappa shape index (κ3) is 4.38. The minimum atomic E-state index is -4.81. The molecule has 1 amide bonds. The van der Waals surface area contributed by atoms with Gasteiger partial charge in [-0.25, -0.2) is 0 Å². The molecule has 0 spiro atoms. The van der Waals surface area contributed by atoms with E-state index in [4.69, 9.17) is 0 Å². The van der Waals surface area contributed by atoms with Crippen molar-refractivity contribution in [1.29, 1.82) is 0 Å². The molecule has 1 aromatic rings. The van der Waals surface area contributed by atoms with Gasteiger partial charge in [-0.3, -0.25) is 4.79 Å². The molecule has 0 heterocycles. The number of aryl methyl sites for hydroxylation is 1. The summed E-state index contributed by atoms with van der Waals surface area (Å²) in [5.74, 6) is -1.90. The van der Waals surface area contributed by atoms with Crippen molar-refractivity contribution >= 4 is 21.8 Å². The number of amides is 1. The molecular weight excluding hydrogens is 299 g/mol. The van der Waals surface area contributed by atoms with Gasteiger partial charge in [0.15, 0.2) is 0 Å². The maximum atomic E-state index is 11.9. The van der Waals surface area contributed by atoms with Crippen molar-refractivity contribution in [3.05, 3.63) is 33.8 Å². The van der Waals surface area contributed by atoms with E-state index in [2.05, 4.69) is 15.9 Å². The molecule has 0 fully saturated rings. The fourth-order valence-corrected chi connectivity index (χ4v) is 1.53. The van der Waals surface area contributed by atoms with Crippen molar-refractivity contribution < 1.29 is 18.0 Å². The number of carbonyl (C=O) groups excluding carboxylic acids is 1. The Morgan fingerprint density at radius 3 is 2.59 bits per heavy atom. The number of halogens is 4. The normalized spacial score (nSPS) is 11.4. The molecule has 17 heavy (non-hydrogen) atoms. The van der Waals surface area contributed by atoms with Crippen molar-refractivity contribution in [1.82, 2.24) is 5.32 Å². The van der Waals surface area contributed by atoms with Gasteiger partial charge in [0.1, 0.15) is 0 Å². The van der Waals surface area contributed by atoms with Crippen LogP contribution in [0.5, 0.6) is 0 Å². The van der Waals surface area contributed by atoms with Crippen molar-refractivity contribution in [2.45, 2.75) is 19.5 Å². The summed E-state index contributed by atoms with van der Waals surface area (Å²) in [6.07, 6.45) is -4.44. The molecule has 6 heteroatoms. The molecule has 2 nitrogen and oxygen atoms in total. The molecule has 0 atom stereocenters. The van der Waals surface area contributed by atoms with Crippen LogP contribution in [0.4, 0.5) is 13.2 Å². The molecular formula is C11H11BrF3NO. The lowest BCUT2D eigenvalue weighted by molar-refractivity contribution is -0.173. The quantitative estimate of drug-likeness (QED) is 0.914. The van der Waals surface area contributed by atoms with E-state index >= 15 is 0 Å². The van der Waals surface area contributed by atoms with Gasteiger partial charge in [-0.1, -0.05) is 28.1 Å². The predicted octanol–water partition coefficient (Wildman–Crippen LogP) is 2.98. The monoisotopic (exact) mass is 309 g/mol. The SMILES string of the molecule is Cc1cc(CCNC(=O)C(F)(F)F)ccc1Br. The van der Waals surface area contributed by atoms with Crippen LogP contribution in [0.3, 0.4) is 0 Å². The summed E-state index contributed by atoms with van der Waals surface area (Å²) in [7, 11) is 0. The van der Waals surface area contributed by atoms with Crippen molar-refractivity contribution in [3.63, 3.8) is 0 Å². The second-order valence-corrected chi connectivity index (χ2v) is 4.44. The fourth-order valence-electron chi connectivity index (χ4n) is 1.28.